The van der Waals surface area contributed by atoms with Crippen LogP contribution < -0.4 is 19.7 Å². The van der Waals surface area contributed by atoms with Crippen LogP contribution in [-0.2, 0) is 4.79 Å². The number of amides is 2. The smallest absolute Gasteiger partial charge is 0.255 e. The highest BCUT2D eigenvalue weighted by atomic mass is 16.6. The molecule has 1 aliphatic rings. The Bertz CT molecular complexity index is 1100. The molecule has 0 bridgehead atoms. The van der Waals surface area contributed by atoms with Crippen LogP contribution in [0.3, 0.4) is 0 Å². The minimum atomic E-state index is -0.335. The predicted molar refractivity (Wildman–Crippen MR) is 117 cm³/mol. The summed E-state index contributed by atoms with van der Waals surface area (Å²) in [7, 11) is 1.60. The van der Waals surface area contributed by atoms with Crippen molar-refractivity contribution in [1.29, 1.82) is 0 Å². The van der Waals surface area contributed by atoms with E-state index in [4.69, 9.17) is 9.47 Å². The fourth-order valence-corrected chi connectivity index (χ4v) is 3.27. The van der Waals surface area contributed by atoms with Gasteiger partial charge in [0.25, 0.3) is 5.91 Å². The lowest BCUT2D eigenvalue weighted by molar-refractivity contribution is -0.116. The van der Waals surface area contributed by atoms with Gasteiger partial charge in [0, 0.05) is 19.5 Å². The van der Waals surface area contributed by atoms with E-state index in [2.05, 4.69) is 10.3 Å². The van der Waals surface area contributed by atoms with E-state index in [1.54, 1.807) is 19.2 Å². The van der Waals surface area contributed by atoms with Crippen molar-refractivity contribution in [3.63, 3.8) is 0 Å². The van der Waals surface area contributed by atoms with Crippen LogP contribution in [0.15, 0.2) is 66.7 Å². The van der Waals surface area contributed by atoms with Crippen LogP contribution in [0.1, 0.15) is 17.3 Å². The number of aromatic nitrogens is 1. The Morgan fingerprint density at radius 1 is 1.03 bits per heavy atom. The largest absolute Gasteiger partial charge is 0.486 e. The molecule has 1 aliphatic heterocycles. The van der Waals surface area contributed by atoms with Gasteiger partial charge in [-0.3, -0.25) is 14.5 Å². The van der Waals surface area contributed by atoms with Crippen molar-refractivity contribution in [2.45, 2.75) is 13.0 Å². The van der Waals surface area contributed by atoms with E-state index in [9.17, 15) is 9.59 Å². The van der Waals surface area contributed by atoms with Crippen molar-refractivity contribution < 1.29 is 19.1 Å². The average Bonchev–Trinajstić information content (AvgIpc) is 2.82. The third-order valence-corrected chi connectivity index (χ3v) is 5.04. The number of benzene rings is 2. The number of pyridine rings is 1. The second kappa shape index (κ2) is 8.87. The fourth-order valence-electron chi connectivity index (χ4n) is 3.27. The van der Waals surface area contributed by atoms with Gasteiger partial charge >= 0.3 is 0 Å². The molecule has 0 saturated carbocycles. The Balaban J connectivity index is 1.52. The molecule has 1 aromatic heterocycles. The van der Waals surface area contributed by atoms with Gasteiger partial charge in [0.05, 0.1) is 17.8 Å². The molecule has 7 nitrogen and oxygen atoms in total. The van der Waals surface area contributed by atoms with Gasteiger partial charge in [0.15, 0.2) is 11.5 Å². The number of anilines is 1. The van der Waals surface area contributed by atoms with Gasteiger partial charge in [-0.15, -0.1) is 0 Å². The number of rotatable bonds is 5. The van der Waals surface area contributed by atoms with E-state index < -0.39 is 0 Å². The van der Waals surface area contributed by atoms with E-state index in [0.717, 1.165) is 5.56 Å². The molecule has 1 N–H and O–H groups in total. The highest BCUT2D eigenvalue weighted by Gasteiger charge is 2.23. The van der Waals surface area contributed by atoms with Crippen LogP contribution in [0, 0.1) is 0 Å². The molecule has 1 unspecified atom stereocenters. The maximum Gasteiger partial charge on any atom is 0.255 e. The lowest BCUT2D eigenvalue weighted by Gasteiger charge is -2.26. The van der Waals surface area contributed by atoms with Gasteiger partial charge in [-0.05, 0) is 24.3 Å². The fraction of sp³-hybridized carbons (Fsp3) is 0.208. The number of carbonyl (C=O) groups is 2. The second-order valence-electron chi connectivity index (χ2n) is 7.22. The number of carbonyl (C=O) groups excluding carboxylic acids is 2. The summed E-state index contributed by atoms with van der Waals surface area (Å²) >= 11 is 0. The molecule has 0 saturated heterocycles. The molecule has 0 fully saturated rings. The van der Waals surface area contributed by atoms with Crippen molar-refractivity contribution in [2.75, 3.05) is 25.1 Å². The van der Waals surface area contributed by atoms with Crippen LogP contribution in [0.25, 0.3) is 11.3 Å². The topological polar surface area (TPSA) is 80.8 Å². The first-order valence-electron chi connectivity index (χ1n) is 10.0. The van der Waals surface area contributed by atoms with E-state index >= 15 is 0 Å². The number of hydrogen-bond acceptors (Lipinski definition) is 5. The Kier molecular flexibility index (Phi) is 5.84. The molecule has 0 spiro atoms. The van der Waals surface area contributed by atoms with Crippen molar-refractivity contribution in [2.24, 2.45) is 0 Å². The molecule has 7 heteroatoms. The van der Waals surface area contributed by atoms with Crippen LogP contribution in [0.2, 0.25) is 0 Å². The lowest BCUT2D eigenvalue weighted by Crippen LogP contribution is -2.41. The maximum absolute atomic E-state index is 12.9. The molecule has 2 heterocycles. The van der Waals surface area contributed by atoms with Gasteiger partial charge in [0.2, 0.25) is 5.91 Å². The summed E-state index contributed by atoms with van der Waals surface area (Å²) in [6, 6.07) is 20.5. The van der Waals surface area contributed by atoms with Gasteiger partial charge in [-0.2, -0.15) is 0 Å². The third-order valence-electron chi connectivity index (χ3n) is 5.04. The number of fused-ring (bicyclic) bond motifs is 1. The zero-order valence-electron chi connectivity index (χ0n) is 17.4. The molecule has 4 rings (SSSR count). The summed E-state index contributed by atoms with van der Waals surface area (Å²) < 4.78 is 11.6. The van der Waals surface area contributed by atoms with Crippen LogP contribution >= 0.6 is 0 Å². The monoisotopic (exact) mass is 417 g/mol. The molecule has 3 aromatic rings. The molecule has 0 aliphatic carbocycles. The summed E-state index contributed by atoms with van der Waals surface area (Å²) in [6.07, 6.45) is -0.315. The minimum absolute atomic E-state index is 0.215. The second-order valence-corrected chi connectivity index (χ2v) is 7.22. The van der Waals surface area contributed by atoms with E-state index in [0.29, 0.717) is 35.2 Å². The number of hydrogen-bond donors (Lipinski definition) is 1. The van der Waals surface area contributed by atoms with Crippen molar-refractivity contribution in [3.8, 4) is 22.8 Å². The van der Waals surface area contributed by atoms with Crippen molar-refractivity contribution in [3.05, 3.63) is 72.3 Å². The molecule has 158 valence electrons. The Hall–Kier alpha value is -3.87. The van der Waals surface area contributed by atoms with E-state index in [1.807, 2.05) is 54.6 Å². The maximum atomic E-state index is 12.9. The first-order valence-corrected chi connectivity index (χ1v) is 10.0. The third kappa shape index (κ3) is 4.50. The van der Waals surface area contributed by atoms with Gasteiger partial charge in [0.1, 0.15) is 18.5 Å². The van der Waals surface area contributed by atoms with Crippen LogP contribution in [0.5, 0.6) is 11.5 Å². The molecule has 31 heavy (non-hydrogen) atoms. The summed E-state index contributed by atoms with van der Waals surface area (Å²) in [5.41, 5.74) is 1.90. The van der Waals surface area contributed by atoms with Gasteiger partial charge < -0.3 is 14.8 Å². The van der Waals surface area contributed by atoms with E-state index in [1.165, 1.54) is 11.8 Å². The van der Waals surface area contributed by atoms with Gasteiger partial charge in [-0.1, -0.05) is 42.5 Å². The summed E-state index contributed by atoms with van der Waals surface area (Å²) in [6.45, 7) is 2.03. The molecular formula is C24H23N3O4. The van der Waals surface area contributed by atoms with Crippen LogP contribution in [0.4, 0.5) is 5.82 Å². The normalized spacial score (nSPS) is 14.6. The number of ether oxygens (including phenoxy) is 2. The Morgan fingerprint density at radius 2 is 1.74 bits per heavy atom. The quantitative estimate of drug-likeness (QED) is 0.689. The van der Waals surface area contributed by atoms with Crippen LogP contribution in [-0.4, -0.2) is 43.1 Å². The predicted octanol–water partition coefficient (Wildman–Crippen LogP) is 3.30. The van der Waals surface area contributed by atoms with Crippen molar-refractivity contribution in [1.82, 2.24) is 10.3 Å². The first-order chi connectivity index (χ1) is 15.0. The Morgan fingerprint density at radius 3 is 2.48 bits per heavy atom. The molecule has 1 atom stereocenters. The zero-order valence-corrected chi connectivity index (χ0v) is 17.4. The summed E-state index contributed by atoms with van der Waals surface area (Å²) in [5.74, 6) is 1.09. The summed E-state index contributed by atoms with van der Waals surface area (Å²) in [5, 5.41) is 2.87. The zero-order chi connectivity index (χ0) is 21.8. The summed E-state index contributed by atoms with van der Waals surface area (Å²) in [4.78, 5) is 30.9. The number of nitrogens with zero attached hydrogens (tertiary/aromatic N) is 2. The minimum Gasteiger partial charge on any atom is -0.486 e. The SMILES string of the molecule is CC(=O)N(C)c1nc(-c2ccccc2)ccc1C(=O)NCC1COc2ccccc2O1. The number of para-hydroxylation sites is 2. The first kappa shape index (κ1) is 20.4. The molecule has 2 aromatic carbocycles. The highest BCUT2D eigenvalue weighted by Crippen LogP contribution is 2.30. The average molecular weight is 417 g/mol. The Labute approximate surface area is 180 Å². The standard InChI is InChI=1S/C24H23N3O4/c1-16(28)27(2)23-19(12-13-20(26-23)17-8-4-3-5-9-17)24(29)25-14-18-15-30-21-10-6-7-11-22(21)31-18/h3-13,18H,14-15H2,1-2H3,(H,25,29). The van der Waals surface area contributed by atoms with Crippen molar-refractivity contribution >= 4 is 17.6 Å². The molecular weight excluding hydrogens is 394 g/mol. The van der Waals surface area contributed by atoms with Gasteiger partial charge in [-0.25, -0.2) is 4.98 Å². The molecule has 2 amide bonds. The lowest BCUT2D eigenvalue weighted by atomic mass is 10.1. The highest BCUT2D eigenvalue weighted by molar-refractivity contribution is 6.03. The van der Waals surface area contributed by atoms with E-state index in [-0.39, 0.29) is 24.5 Å². The molecule has 0 radical (unpaired) electrons. The number of nitrogens with one attached hydrogen (secondary N) is 1.